The molecule has 4 nitrogen and oxygen atoms in total. The Kier molecular flexibility index (Phi) is 3.79. The molecule has 0 radical (unpaired) electrons. The highest BCUT2D eigenvalue weighted by Crippen LogP contribution is 2.15. The summed E-state index contributed by atoms with van der Waals surface area (Å²) in [4.78, 5) is 15.7. The number of pyridine rings is 1. The molecule has 1 amide bonds. The van der Waals surface area contributed by atoms with E-state index < -0.39 is 0 Å². The first-order chi connectivity index (χ1) is 8.68. The molecule has 0 unspecified atom stereocenters. The first-order valence-corrected chi connectivity index (χ1v) is 5.77. The van der Waals surface area contributed by atoms with Crippen molar-refractivity contribution in [1.29, 1.82) is 0 Å². The molecule has 2 rings (SSSR count). The predicted octanol–water partition coefficient (Wildman–Crippen LogP) is 2.25. The molecule has 92 valence electrons. The van der Waals surface area contributed by atoms with Gasteiger partial charge in [0.15, 0.2) is 0 Å². The van der Waals surface area contributed by atoms with Crippen molar-refractivity contribution >= 4 is 23.2 Å². The summed E-state index contributed by atoms with van der Waals surface area (Å²) in [6.45, 7) is 0.354. The van der Waals surface area contributed by atoms with Crippen molar-refractivity contribution in [1.82, 2.24) is 10.3 Å². The van der Waals surface area contributed by atoms with Crippen LogP contribution < -0.4 is 11.1 Å². The number of nitrogens with one attached hydrogen (secondary N) is 1. The van der Waals surface area contributed by atoms with Gasteiger partial charge in [0.05, 0.1) is 5.56 Å². The van der Waals surface area contributed by atoms with E-state index in [1.54, 1.807) is 18.3 Å². The summed E-state index contributed by atoms with van der Waals surface area (Å²) in [6.07, 6.45) is 2.98. The average molecular weight is 262 g/mol. The van der Waals surface area contributed by atoms with Gasteiger partial charge in [-0.15, -0.1) is 0 Å². The van der Waals surface area contributed by atoms with Gasteiger partial charge in [0.25, 0.3) is 5.91 Å². The van der Waals surface area contributed by atoms with Crippen molar-refractivity contribution < 1.29 is 4.79 Å². The molecule has 0 saturated heterocycles. The average Bonchev–Trinajstić information content (AvgIpc) is 2.38. The summed E-state index contributed by atoms with van der Waals surface area (Å²) in [5.41, 5.74) is 7.32. The minimum Gasteiger partial charge on any atom is -0.398 e. The van der Waals surface area contributed by atoms with Gasteiger partial charge >= 0.3 is 0 Å². The molecule has 1 aromatic heterocycles. The van der Waals surface area contributed by atoms with Crippen molar-refractivity contribution in [3.05, 3.63) is 58.9 Å². The standard InChI is InChI=1S/C13H12ClN3O/c14-11-4-2-1-3-9(11)7-17-13(18)10-8-16-6-5-12(10)15/h1-6,8H,7H2,(H2,15,16)(H,17,18). The Bertz CT molecular complexity index is 572. The molecule has 0 aliphatic carbocycles. The van der Waals surface area contributed by atoms with Crippen LogP contribution in [-0.4, -0.2) is 10.9 Å². The molecule has 0 spiro atoms. The Hall–Kier alpha value is -2.07. The Morgan fingerprint density at radius 2 is 2.11 bits per heavy atom. The van der Waals surface area contributed by atoms with E-state index in [0.717, 1.165) is 5.56 Å². The molecule has 0 saturated carbocycles. The van der Waals surface area contributed by atoms with Crippen molar-refractivity contribution in [2.24, 2.45) is 0 Å². The monoisotopic (exact) mass is 261 g/mol. The molecule has 0 bridgehead atoms. The van der Waals surface area contributed by atoms with Crippen LogP contribution in [0.1, 0.15) is 15.9 Å². The van der Waals surface area contributed by atoms with E-state index in [-0.39, 0.29) is 5.91 Å². The normalized spacial score (nSPS) is 10.1. The number of benzene rings is 1. The number of carbonyl (C=O) groups is 1. The molecule has 2 aromatic rings. The Morgan fingerprint density at radius 1 is 1.33 bits per heavy atom. The largest absolute Gasteiger partial charge is 0.398 e. The van der Waals surface area contributed by atoms with E-state index in [0.29, 0.717) is 22.8 Å². The lowest BCUT2D eigenvalue weighted by atomic mass is 10.2. The van der Waals surface area contributed by atoms with Crippen LogP contribution >= 0.6 is 11.6 Å². The highest BCUT2D eigenvalue weighted by atomic mass is 35.5. The molecule has 0 atom stereocenters. The number of nitrogens with two attached hydrogens (primary N) is 1. The third-order valence-corrected chi connectivity index (χ3v) is 2.87. The minimum atomic E-state index is -0.263. The Balaban J connectivity index is 2.06. The fourth-order valence-electron chi connectivity index (χ4n) is 1.51. The third-order valence-electron chi connectivity index (χ3n) is 2.50. The lowest BCUT2D eigenvalue weighted by molar-refractivity contribution is 0.0951. The molecule has 0 aliphatic rings. The highest BCUT2D eigenvalue weighted by molar-refractivity contribution is 6.31. The van der Waals surface area contributed by atoms with Gasteiger partial charge in [-0.3, -0.25) is 9.78 Å². The molecule has 0 aliphatic heterocycles. The van der Waals surface area contributed by atoms with Gasteiger partial charge in [0, 0.05) is 29.6 Å². The first kappa shape index (κ1) is 12.4. The molecule has 0 fully saturated rings. The van der Waals surface area contributed by atoms with E-state index in [1.165, 1.54) is 6.20 Å². The minimum absolute atomic E-state index is 0.263. The van der Waals surface area contributed by atoms with E-state index in [4.69, 9.17) is 17.3 Å². The maximum absolute atomic E-state index is 11.9. The van der Waals surface area contributed by atoms with Crippen LogP contribution in [0.5, 0.6) is 0 Å². The predicted molar refractivity (Wildman–Crippen MR) is 71.3 cm³/mol. The van der Waals surface area contributed by atoms with Gasteiger partial charge in [-0.25, -0.2) is 0 Å². The maximum Gasteiger partial charge on any atom is 0.255 e. The van der Waals surface area contributed by atoms with Gasteiger partial charge in [0.2, 0.25) is 0 Å². The molecule has 5 heteroatoms. The number of halogens is 1. The van der Waals surface area contributed by atoms with Crippen LogP contribution in [0.3, 0.4) is 0 Å². The van der Waals surface area contributed by atoms with Crippen molar-refractivity contribution in [2.75, 3.05) is 5.73 Å². The van der Waals surface area contributed by atoms with Crippen molar-refractivity contribution in [3.8, 4) is 0 Å². The summed E-state index contributed by atoms with van der Waals surface area (Å²) in [6, 6.07) is 8.93. The van der Waals surface area contributed by atoms with Crippen LogP contribution in [0, 0.1) is 0 Å². The second kappa shape index (κ2) is 5.51. The SMILES string of the molecule is Nc1ccncc1C(=O)NCc1ccccc1Cl. The molecule has 3 N–H and O–H groups in total. The van der Waals surface area contributed by atoms with Gasteiger partial charge in [0.1, 0.15) is 0 Å². The zero-order chi connectivity index (χ0) is 13.0. The highest BCUT2D eigenvalue weighted by Gasteiger charge is 2.09. The number of amides is 1. The molecule has 18 heavy (non-hydrogen) atoms. The number of aromatic nitrogens is 1. The number of nitrogens with zero attached hydrogens (tertiary/aromatic N) is 1. The van der Waals surface area contributed by atoms with E-state index in [1.807, 2.05) is 18.2 Å². The van der Waals surface area contributed by atoms with Crippen LogP contribution in [0.25, 0.3) is 0 Å². The molecule has 1 heterocycles. The van der Waals surface area contributed by atoms with E-state index in [2.05, 4.69) is 10.3 Å². The van der Waals surface area contributed by atoms with Crippen molar-refractivity contribution in [2.45, 2.75) is 6.54 Å². The topological polar surface area (TPSA) is 68.0 Å². The summed E-state index contributed by atoms with van der Waals surface area (Å²) in [5.74, 6) is -0.263. The van der Waals surface area contributed by atoms with Crippen LogP contribution in [0.2, 0.25) is 5.02 Å². The fraction of sp³-hybridized carbons (Fsp3) is 0.0769. The zero-order valence-corrected chi connectivity index (χ0v) is 10.3. The fourth-order valence-corrected chi connectivity index (χ4v) is 1.71. The maximum atomic E-state index is 11.9. The number of rotatable bonds is 3. The number of hydrogen-bond acceptors (Lipinski definition) is 3. The van der Waals surface area contributed by atoms with Gasteiger partial charge in [-0.05, 0) is 17.7 Å². The van der Waals surface area contributed by atoms with Gasteiger partial charge in [-0.1, -0.05) is 29.8 Å². The molecular formula is C13H12ClN3O. The smallest absolute Gasteiger partial charge is 0.255 e. The lowest BCUT2D eigenvalue weighted by Crippen LogP contribution is -2.24. The van der Waals surface area contributed by atoms with Crippen LogP contribution in [0.15, 0.2) is 42.7 Å². The molecular weight excluding hydrogens is 250 g/mol. The molecule has 1 aromatic carbocycles. The summed E-state index contributed by atoms with van der Waals surface area (Å²) in [7, 11) is 0. The van der Waals surface area contributed by atoms with Gasteiger partial charge in [-0.2, -0.15) is 0 Å². The van der Waals surface area contributed by atoms with Crippen LogP contribution in [-0.2, 0) is 6.54 Å². The van der Waals surface area contributed by atoms with E-state index in [9.17, 15) is 4.79 Å². The Morgan fingerprint density at radius 3 is 2.83 bits per heavy atom. The summed E-state index contributed by atoms with van der Waals surface area (Å²) >= 11 is 6.00. The van der Waals surface area contributed by atoms with E-state index >= 15 is 0 Å². The second-order valence-corrected chi connectivity index (χ2v) is 4.14. The lowest BCUT2D eigenvalue weighted by Gasteiger charge is -2.08. The summed E-state index contributed by atoms with van der Waals surface area (Å²) in [5, 5.41) is 3.38. The zero-order valence-electron chi connectivity index (χ0n) is 9.56. The number of hydrogen-bond donors (Lipinski definition) is 2. The van der Waals surface area contributed by atoms with Crippen LogP contribution in [0.4, 0.5) is 5.69 Å². The number of anilines is 1. The number of carbonyl (C=O) groups excluding carboxylic acids is 1. The van der Waals surface area contributed by atoms with Gasteiger partial charge < -0.3 is 11.1 Å². The first-order valence-electron chi connectivity index (χ1n) is 5.39. The third kappa shape index (κ3) is 2.78. The summed E-state index contributed by atoms with van der Waals surface area (Å²) < 4.78 is 0. The van der Waals surface area contributed by atoms with Crippen molar-refractivity contribution in [3.63, 3.8) is 0 Å². The quantitative estimate of drug-likeness (QED) is 0.890. The number of nitrogen functional groups attached to an aromatic ring is 1. The Labute approximate surface area is 110 Å². The second-order valence-electron chi connectivity index (χ2n) is 3.74.